The Labute approximate surface area is 139 Å². The number of aryl methyl sites for hydroxylation is 1. The molecule has 1 nitrogen and oxygen atoms in total. The van der Waals surface area contributed by atoms with Gasteiger partial charge in [0.05, 0.1) is 4.47 Å². The molecule has 2 heteroatoms. The lowest BCUT2D eigenvalue weighted by atomic mass is 10.0. The molecule has 0 fully saturated rings. The highest BCUT2D eigenvalue weighted by Crippen LogP contribution is 2.31. The largest absolute Gasteiger partial charge is 0.488 e. The second-order valence-corrected chi connectivity index (χ2v) is 6.14. The third-order valence-corrected chi connectivity index (χ3v) is 4.14. The Balaban J connectivity index is 1.78. The molecule has 3 rings (SSSR count). The van der Waals surface area contributed by atoms with Crippen molar-refractivity contribution >= 4 is 15.9 Å². The summed E-state index contributed by atoms with van der Waals surface area (Å²) in [5, 5.41) is 0. The van der Waals surface area contributed by atoms with Gasteiger partial charge >= 0.3 is 0 Å². The molecule has 0 aromatic heterocycles. The van der Waals surface area contributed by atoms with Crippen LogP contribution >= 0.6 is 15.9 Å². The highest BCUT2D eigenvalue weighted by Gasteiger charge is 2.05. The second-order valence-electron chi connectivity index (χ2n) is 5.29. The first-order valence-corrected chi connectivity index (χ1v) is 8.05. The Hall–Kier alpha value is -2.06. The third-order valence-electron chi connectivity index (χ3n) is 3.52. The molecular formula is C20H17BrO. The number of rotatable bonds is 4. The average Bonchev–Trinajstić information content (AvgIpc) is 2.54. The monoisotopic (exact) mass is 352 g/mol. The molecule has 0 aliphatic heterocycles. The van der Waals surface area contributed by atoms with Gasteiger partial charge < -0.3 is 4.74 Å². The van der Waals surface area contributed by atoms with E-state index in [4.69, 9.17) is 4.74 Å². The predicted octanol–water partition coefficient (Wildman–Crippen LogP) is 6.00. The molecule has 0 atom stereocenters. The highest BCUT2D eigenvalue weighted by atomic mass is 79.9. The van der Waals surface area contributed by atoms with Crippen molar-refractivity contribution in [3.05, 3.63) is 88.4 Å². The van der Waals surface area contributed by atoms with Crippen molar-refractivity contribution in [2.75, 3.05) is 0 Å². The summed E-state index contributed by atoms with van der Waals surface area (Å²) in [7, 11) is 0. The van der Waals surface area contributed by atoms with E-state index in [1.165, 1.54) is 16.7 Å². The summed E-state index contributed by atoms with van der Waals surface area (Å²) in [4.78, 5) is 0. The van der Waals surface area contributed by atoms with E-state index >= 15 is 0 Å². The van der Waals surface area contributed by atoms with Crippen LogP contribution < -0.4 is 4.74 Å². The molecule has 0 saturated heterocycles. The summed E-state index contributed by atoms with van der Waals surface area (Å²) in [5.41, 5.74) is 4.83. The van der Waals surface area contributed by atoms with Crippen LogP contribution in [0.1, 0.15) is 11.1 Å². The predicted molar refractivity (Wildman–Crippen MR) is 95.1 cm³/mol. The van der Waals surface area contributed by atoms with Gasteiger partial charge in [0.2, 0.25) is 0 Å². The molecule has 0 unspecified atom stereocenters. The van der Waals surface area contributed by atoms with Crippen molar-refractivity contribution in [1.29, 1.82) is 0 Å². The highest BCUT2D eigenvalue weighted by molar-refractivity contribution is 9.10. The summed E-state index contributed by atoms with van der Waals surface area (Å²) < 4.78 is 6.87. The van der Waals surface area contributed by atoms with Gasteiger partial charge in [0.15, 0.2) is 0 Å². The standard InChI is InChI=1S/C20H17BrO/c1-15-6-5-9-17(12-15)18-10-11-20(19(21)13-18)22-14-16-7-3-2-4-8-16/h2-13H,14H2,1H3. The van der Waals surface area contributed by atoms with E-state index in [0.29, 0.717) is 6.61 Å². The fraction of sp³-hybridized carbons (Fsp3) is 0.100. The van der Waals surface area contributed by atoms with Crippen LogP contribution in [0.2, 0.25) is 0 Å². The minimum absolute atomic E-state index is 0.573. The van der Waals surface area contributed by atoms with Crippen molar-refractivity contribution < 1.29 is 4.74 Å². The van der Waals surface area contributed by atoms with E-state index in [0.717, 1.165) is 15.8 Å². The molecule has 0 aliphatic carbocycles. The molecule has 22 heavy (non-hydrogen) atoms. The molecule has 0 saturated carbocycles. The van der Waals surface area contributed by atoms with Crippen molar-refractivity contribution in [3.63, 3.8) is 0 Å². The van der Waals surface area contributed by atoms with E-state index in [1.54, 1.807) is 0 Å². The van der Waals surface area contributed by atoms with Gasteiger partial charge in [-0.05, 0) is 51.7 Å². The molecular weight excluding hydrogens is 336 g/mol. The number of ether oxygens (including phenoxy) is 1. The van der Waals surface area contributed by atoms with Crippen LogP contribution in [-0.4, -0.2) is 0 Å². The zero-order valence-corrected chi connectivity index (χ0v) is 14.0. The van der Waals surface area contributed by atoms with Crippen molar-refractivity contribution in [3.8, 4) is 16.9 Å². The van der Waals surface area contributed by atoms with E-state index in [1.807, 2.05) is 24.3 Å². The Morgan fingerprint density at radius 3 is 2.32 bits per heavy atom. The van der Waals surface area contributed by atoms with E-state index in [2.05, 4.69) is 71.4 Å². The molecule has 0 heterocycles. The topological polar surface area (TPSA) is 9.23 Å². The van der Waals surface area contributed by atoms with Crippen LogP contribution in [0.5, 0.6) is 5.75 Å². The molecule has 0 aliphatic rings. The van der Waals surface area contributed by atoms with Crippen LogP contribution in [-0.2, 0) is 6.61 Å². The maximum Gasteiger partial charge on any atom is 0.134 e. The molecule has 0 N–H and O–H groups in total. The fourth-order valence-corrected chi connectivity index (χ4v) is 2.85. The maximum atomic E-state index is 5.89. The number of hydrogen-bond donors (Lipinski definition) is 0. The third kappa shape index (κ3) is 3.58. The van der Waals surface area contributed by atoms with Crippen molar-refractivity contribution in [2.45, 2.75) is 13.5 Å². The zero-order chi connectivity index (χ0) is 15.4. The first-order valence-electron chi connectivity index (χ1n) is 7.26. The van der Waals surface area contributed by atoms with Crippen LogP contribution in [0.25, 0.3) is 11.1 Å². The van der Waals surface area contributed by atoms with Crippen molar-refractivity contribution in [2.24, 2.45) is 0 Å². The summed E-state index contributed by atoms with van der Waals surface area (Å²) in [6, 6.07) is 24.9. The van der Waals surface area contributed by atoms with Gasteiger partial charge in [0.25, 0.3) is 0 Å². The van der Waals surface area contributed by atoms with Gasteiger partial charge in [-0.3, -0.25) is 0 Å². The normalized spacial score (nSPS) is 10.5. The SMILES string of the molecule is Cc1cccc(-c2ccc(OCc3ccccc3)c(Br)c2)c1. The lowest BCUT2D eigenvalue weighted by Crippen LogP contribution is -1.95. The Bertz CT molecular complexity index is 766. The molecule has 0 bridgehead atoms. The molecule has 110 valence electrons. The van der Waals surface area contributed by atoms with Gasteiger partial charge in [-0.25, -0.2) is 0 Å². The van der Waals surface area contributed by atoms with Gasteiger partial charge in [-0.2, -0.15) is 0 Å². The fourth-order valence-electron chi connectivity index (χ4n) is 2.36. The van der Waals surface area contributed by atoms with Gasteiger partial charge in [-0.1, -0.05) is 66.2 Å². The number of hydrogen-bond acceptors (Lipinski definition) is 1. The Morgan fingerprint density at radius 2 is 1.59 bits per heavy atom. The average molecular weight is 353 g/mol. The first kappa shape index (κ1) is 14.9. The quantitative estimate of drug-likeness (QED) is 0.559. The number of halogens is 1. The Kier molecular flexibility index (Phi) is 4.59. The minimum atomic E-state index is 0.573. The zero-order valence-electron chi connectivity index (χ0n) is 12.4. The van der Waals surface area contributed by atoms with Crippen LogP contribution in [0.3, 0.4) is 0 Å². The molecule has 0 radical (unpaired) electrons. The van der Waals surface area contributed by atoms with Gasteiger partial charge in [0, 0.05) is 0 Å². The molecule has 3 aromatic carbocycles. The molecule has 0 amide bonds. The van der Waals surface area contributed by atoms with Crippen molar-refractivity contribution in [1.82, 2.24) is 0 Å². The van der Waals surface area contributed by atoms with E-state index < -0.39 is 0 Å². The summed E-state index contributed by atoms with van der Waals surface area (Å²) in [5.74, 6) is 0.861. The van der Waals surface area contributed by atoms with E-state index in [9.17, 15) is 0 Å². The first-order chi connectivity index (χ1) is 10.7. The van der Waals surface area contributed by atoms with Crippen LogP contribution in [0.15, 0.2) is 77.3 Å². The minimum Gasteiger partial charge on any atom is -0.488 e. The second kappa shape index (κ2) is 6.80. The van der Waals surface area contributed by atoms with E-state index in [-0.39, 0.29) is 0 Å². The lowest BCUT2D eigenvalue weighted by molar-refractivity contribution is 0.304. The van der Waals surface area contributed by atoms with Gasteiger partial charge in [0.1, 0.15) is 12.4 Å². The Morgan fingerprint density at radius 1 is 0.818 bits per heavy atom. The van der Waals surface area contributed by atoms with Gasteiger partial charge in [-0.15, -0.1) is 0 Å². The molecule has 3 aromatic rings. The summed E-state index contributed by atoms with van der Waals surface area (Å²) in [6.45, 7) is 2.68. The summed E-state index contributed by atoms with van der Waals surface area (Å²) >= 11 is 3.61. The summed E-state index contributed by atoms with van der Waals surface area (Å²) in [6.07, 6.45) is 0. The molecule has 0 spiro atoms. The smallest absolute Gasteiger partial charge is 0.134 e. The van der Waals surface area contributed by atoms with Crippen LogP contribution in [0, 0.1) is 6.92 Å². The number of benzene rings is 3. The lowest BCUT2D eigenvalue weighted by Gasteiger charge is -2.10. The van der Waals surface area contributed by atoms with Crippen LogP contribution in [0.4, 0.5) is 0 Å². The maximum absolute atomic E-state index is 5.89.